The van der Waals surface area contributed by atoms with E-state index in [0.29, 0.717) is 23.1 Å². The van der Waals surface area contributed by atoms with E-state index in [9.17, 15) is 9.59 Å². The number of para-hydroxylation sites is 2. The van der Waals surface area contributed by atoms with E-state index < -0.39 is 0 Å². The Hall–Kier alpha value is -2.45. The van der Waals surface area contributed by atoms with Gasteiger partial charge in [0.15, 0.2) is 5.13 Å². The zero-order valence-corrected chi connectivity index (χ0v) is 17.2. The molecule has 27 heavy (non-hydrogen) atoms. The molecule has 1 aromatic heterocycles. The van der Waals surface area contributed by atoms with Crippen LogP contribution in [0, 0.1) is 0 Å². The smallest absolute Gasteiger partial charge is 0.234 e. The predicted molar refractivity (Wildman–Crippen MR) is 108 cm³/mol. The minimum atomic E-state index is -0.148. The summed E-state index contributed by atoms with van der Waals surface area (Å²) in [6.45, 7) is 6.15. The monoisotopic (exact) mass is 390 g/mol. The first-order valence-electron chi connectivity index (χ1n) is 8.67. The first-order chi connectivity index (χ1) is 12.8. The molecule has 0 saturated carbocycles. The van der Waals surface area contributed by atoms with E-state index in [0.717, 1.165) is 5.69 Å². The van der Waals surface area contributed by atoms with Crippen LogP contribution < -0.4 is 15.0 Å². The molecular formula is C19H26N4O3S. The third-order valence-electron chi connectivity index (χ3n) is 3.67. The third kappa shape index (κ3) is 5.77. The molecule has 146 valence electrons. The molecule has 0 aliphatic heterocycles. The number of rotatable bonds is 8. The van der Waals surface area contributed by atoms with Gasteiger partial charge in [0.25, 0.3) is 0 Å². The van der Waals surface area contributed by atoms with E-state index in [4.69, 9.17) is 4.74 Å². The Kier molecular flexibility index (Phi) is 7.32. The van der Waals surface area contributed by atoms with Crippen LogP contribution in [-0.2, 0) is 16.1 Å². The van der Waals surface area contributed by atoms with Crippen molar-refractivity contribution in [1.82, 2.24) is 15.2 Å². The van der Waals surface area contributed by atoms with Crippen LogP contribution in [0.3, 0.4) is 0 Å². The van der Waals surface area contributed by atoms with Crippen molar-refractivity contribution in [2.24, 2.45) is 0 Å². The van der Waals surface area contributed by atoms with Crippen molar-refractivity contribution in [2.75, 3.05) is 25.6 Å². The van der Waals surface area contributed by atoms with Crippen LogP contribution in [0.5, 0.6) is 5.75 Å². The van der Waals surface area contributed by atoms with Gasteiger partial charge in [0.2, 0.25) is 11.8 Å². The summed E-state index contributed by atoms with van der Waals surface area (Å²) in [6.07, 6.45) is 0. The number of carbonyl (C=O) groups excluding carboxylic acids is 2. The Bertz CT molecular complexity index is 791. The van der Waals surface area contributed by atoms with Crippen LogP contribution in [0.25, 0.3) is 0 Å². The molecule has 1 heterocycles. The Labute approximate surface area is 164 Å². The molecule has 1 aromatic carbocycles. The normalized spacial score (nSPS) is 10.9. The average molecular weight is 391 g/mol. The maximum Gasteiger partial charge on any atom is 0.234 e. The number of benzene rings is 1. The highest BCUT2D eigenvalue weighted by atomic mass is 32.1. The lowest BCUT2D eigenvalue weighted by atomic mass is 10.2. The van der Waals surface area contributed by atoms with Gasteiger partial charge < -0.3 is 10.1 Å². The number of ether oxygens (including phenoxy) is 1. The molecule has 2 aromatic rings. The van der Waals surface area contributed by atoms with Crippen molar-refractivity contribution in [3.63, 3.8) is 0 Å². The van der Waals surface area contributed by atoms with Gasteiger partial charge in [0.05, 0.1) is 25.0 Å². The van der Waals surface area contributed by atoms with Crippen molar-refractivity contribution < 1.29 is 14.3 Å². The van der Waals surface area contributed by atoms with Crippen LogP contribution in [0.15, 0.2) is 29.6 Å². The van der Waals surface area contributed by atoms with Crippen molar-refractivity contribution in [2.45, 2.75) is 33.4 Å². The maximum atomic E-state index is 12.3. The first kappa shape index (κ1) is 20.9. The Morgan fingerprint density at radius 3 is 2.63 bits per heavy atom. The highest BCUT2D eigenvalue weighted by Crippen LogP contribution is 2.35. The molecule has 2 rings (SSSR count). The fraction of sp³-hybridized carbons (Fsp3) is 0.421. The summed E-state index contributed by atoms with van der Waals surface area (Å²) in [7, 11) is 3.43. The number of hydrogen-bond donors (Lipinski definition) is 1. The summed E-state index contributed by atoms with van der Waals surface area (Å²) in [6, 6.07) is 7.45. The number of thiazole rings is 1. The van der Waals surface area contributed by atoms with Crippen molar-refractivity contribution >= 4 is 34.0 Å². The zero-order valence-electron chi connectivity index (χ0n) is 16.4. The number of amides is 2. The second-order valence-electron chi connectivity index (χ2n) is 6.54. The van der Waals surface area contributed by atoms with Gasteiger partial charge in [-0.2, -0.15) is 0 Å². The number of nitrogens with zero attached hydrogens (tertiary/aromatic N) is 3. The number of methoxy groups -OCH3 is 1. The van der Waals surface area contributed by atoms with Gasteiger partial charge in [-0.05, 0) is 33.0 Å². The highest BCUT2D eigenvalue weighted by Gasteiger charge is 2.21. The standard InChI is InChI=1S/C19H26N4O3S/c1-13(2)20-18(25)11-22(4)10-15-12-27-19(21-15)23(14(3)24)16-8-6-7-9-17(16)26-5/h6-9,12-13H,10-11H2,1-5H3,(H,20,25). The average Bonchev–Trinajstić information content (AvgIpc) is 3.01. The van der Waals surface area contributed by atoms with E-state index in [1.807, 2.05) is 49.4 Å². The molecule has 7 nitrogen and oxygen atoms in total. The number of nitrogens with one attached hydrogen (secondary N) is 1. The summed E-state index contributed by atoms with van der Waals surface area (Å²) in [5.41, 5.74) is 1.45. The Morgan fingerprint density at radius 2 is 2.00 bits per heavy atom. The highest BCUT2D eigenvalue weighted by molar-refractivity contribution is 7.14. The maximum absolute atomic E-state index is 12.3. The molecule has 8 heteroatoms. The SMILES string of the molecule is COc1ccccc1N(C(C)=O)c1nc(CN(C)CC(=O)NC(C)C)cs1. The number of anilines is 2. The summed E-state index contributed by atoms with van der Waals surface area (Å²) >= 11 is 1.38. The van der Waals surface area contributed by atoms with Crippen LogP contribution in [0.4, 0.5) is 10.8 Å². The van der Waals surface area contributed by atoms with E-state index in [-0.39, 0.29) is 24.4 Å². The topological polar surface area (TPSA) is 74.8 Å². The molecule has 0 aliphatic carbocycles. The molecule has 0 aliphatic rings. The Morgan fingerprint density at radius 1 is 1.30 bits per heavy atom. The second-order valence-corrected chi connectivity index (χ2v) is 7.38. The van der Waals surface area contributed by atoms with Gasteiger partial charge in [-0.3, -0.25) is 19.4 Å². The van der Waals surface area contributed by atoms with E-state index in [1.165, 1.54) is 18.3 Å². The predicted octanol–water partition coefficient (Wildman–Crippen LogP) is 2.79. The zero-order chi connectivity index (χ0) is 20.0. The van der Waals surface area contributed by atoms with Crippen molar-refractivity contribution in [1.29, 1.82) is 0 Å². The molecule has 0 bridgehead atoms. The van der Waals surface area contributed by atoms with Crippen molar-refractivity contribution in [3.05, 3.63) is 35.3 Å². The van der Waals surface area contributed by atoms with Gasteiger partial charge >= 0.3 is 0 Å². The summed E-state index contributed by atoms with van der Waals surface area (Å²) in [4.78, 5) is 32.2. The molecule has 0 radical (unpaired) electrons. The molecule has 0 fully saturated rings. The molecular weight excluding hydrogens is 364 g/mol. The molecule has 1 N–H and O–H groups in total. The molecule has 0 spiro atoms. The van der Waals surface area contributed by atoms with Crippen molar-refractivity contribution in [3.8, 4) is 5.75 Å². The lowest BCUT2D eigenvalue weighted by Crippen LogP contribution is -2.38. The van der Waals surface area contributed by atoms with E-state index >= 15 is 0 Å². The minimum Gasteiger partial charge on any atom is -0.495 e. The molecule has 0 saturated heterocycles. The van der Waals surface area contributed by atoms with Crippen LogP contribution >= 0.6 is 11.3 Å². The van der Waals surface area contributed by atoms with E-state index in [2.05, 4.69) is 10.3 Å². The Balaban J connectivity index is 2.14. The first-order valence-corrected chi connectivity index (χ1v) is 9.55. The fourth-order valence-electron chi connectivity index (χ4n) is 2.64. The fourth-order valence-corrected chi connectivity index (χ4v) is 3.51. The number of hydrogen-bond acceptors (Lipinski definition) is 6. The number of carbonyl (C=O) groups is 2. The molecule has 0 unspecified atom stereocenters. The second kappa shape index (κ2) is 9.48. The minimum absolute atomic E-state index is 0.0256. The van der Waals surface area contributed by atoms with E-state index in [1.54, 1.807) is 18.1 Å². The third-order valence-corrected chi connectivity index (χ3v) is 4.54. The lowest BCUT2D eigenvalue weighted by Gasteiger charge is -2.20. The van der Waals surface area contributed by atoms with Gasteiger partial charge in [0.1, 0.15) is 5.75 Å². The lowest BCUT2D eigenvalue weighted by molar-refractivity contribution is -0.122. The van der Waals surface area contributed by atoms with Gasteiger partial charge in [-0.15, -0.1) is 11.3 Å². The summed E-state index contributed by atoms with van der Waals surface area (Å²) in [5, 5.41) is 5.34. The largest absolute Gasteiger partial charge is 0.495 e. The molecule has 0 atom stereocenters. The van der Waals surface area contributed by atoms with Gasteiger partial charge in [-0.25, -0.2) is 4.98 Å². The van der Waals surface area contributed by atoms with Crippen LogP contribution in [0.1, 0.15) is 26.5 Å². The quantitative estimate of drug-likeness (QED) is 0.750. The number of likely N-dealkylation sites (N-methyl/N-ethyl adjacent to an activating group) is 1. The van der Waals surface area contributed by atoms with Gasteiger partial charge in [-0.1, -0.05) is 12.1 Å². The van der Waals surface area contributed by atoms with Crippen LogP contribution in [-0.4, -0.2) is 48.4 Å². The van der Waals surface area contributed by atoms with Gasteiger partial charge in [0, 0.05) is 24.9 Å². The van der Waals surface area contributed by atoms with Crippen LogP contribution in [0.2, 0.25) is 0 Å². The summed E-state index contributed by atoms with van der Waals surface area (Å²) < 4.78 is 5.37. The summed E-state index contributed by atoms with van der Waals surface area (Å²) in [5.74, 6) is 0.430. The number of aromatic nitrogens is 1. The molecule has 2 amide bonds.